The van der Waals surface area contributed by atoms with E-state index in [2.05, 4.69) is 29.7 Å². The van der Waals surface area contributed by atoms with Gasteiger partial charge in [-0.25, -0.2) is 0 Å². The number of benzene rings is 2. The molecule has 0 bridgehead atoms. The number of carbonyl (C=O) groups excluding carboxylic acids is 1. The Labute approximate surface area is 155 Å². The predicted octanol–water partition coefficient (Wildman–Crippen LogP) is 3.63. The molecule has 0 aromatic heterocycles. The molecule has 0 spiro atoms. The molecule has 4 nitrogen and oxygen atoms in total. The second kappa shape index (κ2) is 8.54. The van der Waals surface area contributed by atoms with E-state index in [1.807, 2.05) is 31.2 Å². The molecule has 1 aliphatic heterocycles. The third-order valence-electron chi connectivity index (χ3n) is 4.93. The minimum absolute atomic E-state index is 0. The van der Waals surface area contributed by atoms with Gasteiger partial charge in [-0.3, -0.25) is 4.79 Å². The quantitative estimate of drug-likeness (QED) is 0.873. The van der Waals surface area contributed by atoms with Crippen LogP contribution in [0.25, 0.3) is 10.8 Å². The van der Waals surface area contributed by atoms with Gasteiger partial charge in [0, 0.05) is 12.1 Å². The van der Waals surface area contributed by atoms with Crippen LogP contribution in [0.1, 0.15) is 38.2 Å². The zero-order valence-electron chi connectivity index (χ0n) is 15.0. The van der Waals surface area contributed by atoms with Gasteiger partial charge in [-0.1, -0.05) is 24.3 Å². The lowest BCUT2D eigenvalue weighted by molar-refractivity contribution is -0.123. The van der Waals surface area contributed by atoms with Crippen molar-refractivity contribution in [2.45, 2.75) is 44.7 Å². The molecule has 3 atom stereocenters. The van der Waals surface area contributed by atoms with E-state index in [9.17, 15) is 4.79 Å². The maximum absolute atomic E-state index is 12.6. The van der Waals surface area contributed by atoms with E-state index >= 15 is 0 Å². The second-order valence-electron chi connectivity index (χ2n) is 6.78. The summed E-state index contributed by atoms with van der Waals surface area (Å²) in [6.07, 6.45) is 2.00. The van der Waals surface area contributed by atoms with E-state index < -0.39 is 0 Å². The average molecular weight is 363 g/mol. The lowest BCUT2D eigenvalue weighted by atomic mass is 9.95. The molecule has 1 fully saturated rings. The summed E-state index contributed by atoms with van der Waals surface area (Å²) >= 11 is 0. The van der Waals surface area contributed by atoms with Gasteiger partial charge in [-0.2, -0.15) is 0 Å². The van der Waals surface area contributed by atoms with E-state index in [1.54, 1.807) is 7.11 Å². The van der Waals surface area contributed by atoms with Crippen molar-refractivity contribution in [3.8, 4) is 5.75 Å². The highest BCUT2D eigenvalue weighted by Crippen LogP contribution is 2.25. The van der Waals surface area contributed by atoms with E-state index in [4.69, 9.17) is 4.74 Å². The number of ether oxygens (including phenoxy) is 1. The van der Waals surface area contributed by atoms with E-state index in [-0.39, 0.29) is 30.3 Å². The van der Waals surface area contributed by atoms with Crippen LogP contribution in [0.5, 0.6) is 5.75 Å². The Balaban J connectivity index is 0.00000225. The zero-order valence-corrected chi connectivity index (χ0v) is 15.9. The number of fused-ring (bicyclic) bond motifs is 1. The molecule has 2 N–H and O–H groups in total. The van der Waals surface area contributed by atoms with Gasteiger partial charge in [0.05, 0.1) is 13.0 Å². The highest BCUT2D eigenvalue weighted by molar-refractivity contribution is 5.88. The van der Waals surface area contributed by atoms with Crippen LogP contribution in [0.2, 0.25) is 0 Å². The predicted molar refractivity (Wildman–Crippen MR) is 105 cm³/mol. The lowest BCUT2D eigenvalue weighted by Gasteiger charge is -2.29. The summed E-state index contributed by atoms with van der Waals surface area (Å²) in [5.74, 6) is 0.810. The summed E-state index contributed by atoms with van der Waals surface area (Å²) in [6.45, 7) is 5.11. The molecule has 2 aromatic rings. The van der Waals surface area contributed by atoms with Crippen molar-refractivity contribution in [1.29, 1.82) is 0 Å². The minimum atomic E-state index is -0.151. The van der Waals surface area contributed by atoms with Crippen molar-refractivity contribution in [3.05, 3.63) is 42.0 Å². The Morgan fingerprint density at radius 2 is 1.96 bits per heavy atom. The summed E-state index contributed by atoms with van der Waals surface area (Å²) in [6, 6.07) is 12.9. The molecule has 1 saturated heterocycles. The lowest BCUT2D eigenvalue weighted by Crippen LogP contribution is -2.47. The Hall–Kier alpha value is -1.78. The van der Waals surface area contributed by atoms with Gasteiger partial charge >= 0.3 is 0 Å². The van der Waals surface area contributed by atoms with Crippen molar-refractivity contribution >= 4 is 29.1 Å². The van der Waals surface area contributed by atoms with Gasteiger partial charge in [0.2, 0.25) is 5.91 Å². The summed E-state index contributed by atoms with van der Waals surface area (Å²) < 4.78 is 5.26. The van der Waals surface area contributed by atoms with Crippen molar-refractivity contribution in [2.24, 2.45) is 0 Å². The Bertz CT molecular complexity index is 735. The van der Waals surface area contributed by atoms with E-state index in [0.717, 1.165) is 41.5 Å². The Morgan fingerprint density at radius 3 is 2.68 bits per heavy atom. The third kappa shape index (κ3) is 4.65. The summed E-state index contributed by atoms with van der Waals surface area (Å²) in [5.41, 5.74) is 1.05. The van der Waals surface area contributed by atoms with Crippen LogP contribution < -0.4 is 15.4 Å². The number of hydrogen-bond acceptors (Lipinski definition) is 3. The first-order valence-electron chi connectivity index (χ1n) is 8.68. The second-order valence-corrected chi connectivity index (χ2v) is 6.78. The molecule has 0 radical (unpaired) electrons. The topological polar surface area (TPSA) is 50.4 Å². The van der Waals surface area contributed by atoms with Crippen LogP contribution in [-0.2, 0) is 4.79 Å². The smallest absolute Gasteiger partial charge is 0.227 e. The monoisotopic (exact) mass is 362 g/mol. The molecule has 25 heavy (non-hydrogen) atoms. The van der Waals surface area contributed by atoms with Crippen LogP contribution in [-0.4, -0.2) is 31.6 Å². The fourth-order valence-corrected chi connectivity index (χ4v) is 3.38. The standard InChI is InChI=1S/C20H26N2O2.ClH/c1-13-10-18(8-9-21-13)22-20(23)14(2)15-4-5-17-12-19(24-3)7-6-16(17)11-15;/h4-7,11-14,18,21H,8-10H2,1-3H3,(H,22,23);1H. The average Bonchev–Trinajstić information content (AvgIpc) is 2.60. The molecule has 1 heterocycles. The first-order chi connectivity index (χ1) is 11.6. The van der Waals surface area contributed by atoms with Gasteiger partial charge in [-0.15, -0.1) is 12.4 Å². The normalized spacial score (nSPS) is 21.2. The fraction of sp³-hybridized carbons (Fsp3) is 0.450. The van der Waals surface area contributed by atoms with Crippen molar-refractivity contribution in [1.82, 2.24) is 10.6 Å². The zero-order chi connectivity index (χ0) is 17.1. The Morgan fingerprint density at radius 1 is 1.24 bits per heavy atom. The number of hydrogen-bond donors (Lipinski definition) is 2. The summed E-state index contributed by atoms with van der Waals surface area (Å²) in [7, 11) is 1.67. The van der Waals surface area contributed by atoms with Gasteiger partial charge in [-0.05, 0) is 61.7 Å². The van der Waals surface area contributed by atoms with Crippen LogP contribution in [0, 0.1) is 0 Å². The summed E-state index contributed by atoms with van der Waals surface area (Å²) in [4.78, 5) is 12.6. The van der Waals surface area contributed by atoms with Crippen LogP contribution in [0.3, 0.4) is 0 Å². The minimum Gasteiger partial charge on any atom is -0.497 e. The van der Waals surface area contributed by atoms with Crippen molar-refractivity contribution < 1.29 is 9.53 Å². The molecule has 0 aliphatic carbocycles. The third-order valence-corrected chi connectivity index (χ3v) is 4.93. The van der Waals surface area contributed by atoms with Crippen LogP contribution in [0.4, 0.5) is 0 Å². The highest BCUT2D eigenvalue weighted by atomic mass is 35.5. The SMILES string of the molecule is COc1ccc2cc(C(C)C(=O)NC3CCNC(C)C3)ccc2c1.Cl. The molecular formula is C20H27ClN2O2. The maximum atomic E-state index is 12.6. The number of nitrogens with one attached hydrogen (secondary N) is 2. The van der Waals surface area contributed by atoms with Crippen molar-refractivity contribution in [2.75, 3.05) is 13.7 Å². The first-order valence-corrected chi connectivity index (χ1v) is 8.68. The van der Waals surface area contributed by atoms with Crippen LogP contribution in [0.15, 0.2) is 36.4 Å². The highest BCUT2D eigenvalue weighted by Gasteiger charge is 2.23. The Kier molecular flexibility index (Phi) is 6.68. The molecule has 3 unspecified atom stereocenters. The number of rotatable bonds is 4. The molecular weight excluding hydrogens is 336 g/mol. The van der Waals surface area contributed by atoms with E-state index in [0.29, 0.717) is 6.04 Å². The number of amides is 1. The first kappa shape index (κ1) is 19.5. The number of carbonyl (C=O) groups is 1. The molecule has 1 amide bonds. The molecule has 5 heteroatoms. The maximum Gasteiger partial charge on any atom is 0.227 e. The molecule has 1 aliphatic rings. The molecule has 3 rings (SSSR count). The van der Waals surface area contributed by atoms with Gasteiger partial charge in [0.1, 0.15) is 5.75 Å². The number of methoxy groups -OCH3 is 1. The molecule has 2 aromatic carbocycles. The fourth-order valence-electron chi connectivity index (χ4n) is 3.38. The van der Waals surface area contributed by atoms with Gasteiger partial charge in [0.25, 0.3) is 0 Å². The van der Waals surface area contributed by atoms with Crippen LogP contribution >= 0.6 is 12.4 Å². The molecule has 0 saturated carbocycles. The van der Waals surface area contributed by atoms with Gasteiger partial charge < -0.3 is 15.4 Å². The largest absolute Gasteiger partial charge is 0.497 e. The van der Waals surface area contributed by atoms with Gasteiger partial charge in [0.15, 0.2) is 0 Å². The molecule has 136 valence electrons. The number of halogens is 1. The van der Waals surface area contributed by atoms with Crippen molar-refractivity contribution in [3.63, 3.8) is 0 Å². The summed E-state index contributed by atoms with van der Waals surface area (Å²) in [5, 5.41) is 8.88. The number of piperidine rings is 1. The van der Waals surface area contributed by atoms with E-state index in [1.165, 1.54) is 0 Å².